The molecule has 0 aliphatic carbocycles. The fourth-order valence-corrected chi connectivity index (χ4v) is 2.84. The summed E-state index contributed by atoms with van der Waals surface area (Å²) in [7, 11) is 1.24. The van der Waals surface area contributed by atoms with Crippen molar-refractivity contribution in [3.8, 4) is 0 Å². The number of ether oxygens (including phenoxy) is 3. The first-order chi connectivity index (χ1) is 13.0. The van der Waals surface area contributed by atoms with Gasteiger partial charge < -0.3 is 19.5 Å². The van der Waals surface area contributed by atoms with Crippen LogP contribution in [0.3, 0.4) is 0 Å². The Morgan fingerprint density at radius 2 is 1.70 bits per heavy atom. The molecule has 1 unspecified atom stereocenters. The number of allylic oxidation sites excluding steroid dienone is 1. The van der Waals surface area contributed by atoms with Crippen LogP contribution in [-0.4, -0.2) is 43.2 Å². The van der Waals surface area contributed by atoms with E-state index in [1.807, 2.05) is 0 Å². The van der Waals surface area contributed by atoms with E-state index in [1.54, 1.807) is 39.0 Å². The molecular weight excluding hydrogens is 352 g/mol. The number of nitrogens with zero attached hydrogens (tertiary/aromatic N) is 1. The minimum atomic E-state index is -0.932. The van der Waals surface area contributed by atoms with E-state index in [1.165, 1.54) is 13.3 Å². The third-order valence-electron chi connectivity index (χ3n) is 3.93. The Bertz CT molecular complexity index is 798. The first-order valence-corrected chi connectivity index (χ1v) is 8.51. The molecule has 0 aromatic carbocycles. The van der Waals surface area contributed by atoms with Crippen molar-refractivity contribution >= 4 is 17.9 Å². The lowest BCUT2D eigenvalue weighted by molar-refractivity contribution is -0.142. The molecule has 0 spiro atoms. The topological polar surface area (TPSA) is 104 Å². The van der Waals surface area contributed by atoms with Gasteiger partial charge in [-0.25, -0.2) is 14.4 Å². The van der Waals surface area contributed by atoms with Crippen LogP contribution in [0.1, 0.15) is 32.4 Å². The summed E-state index contributed by atoms with van der Waals surface area (Å²) >= 11 is 0. The van der Waals surface area contributed by atoms with Crippen molar-refractivity contribution in [1.29, 1.82) is 0 Å². The molecule has 0 amide bonds. The molecule has 2 rings (SSSR count). The average molecular weight is 374 g/mol. The Kier molecular flexibility index (Phi) is 6.70. The maximum Gasteiger partial charge on any atom is 0.355 e. The number of hydrogen-bond acceptors (Lipinski definition) is 8. The van der Waals surface area contributed by atoms with Crippen molar-refractivity contribution in [3.63, 3.8) is 0 Å². The van der Waals surface area contributed by atoms with Crippen molar-refractivity contribution in [2.45, 2.75) is 26.7 Å². The van der Waals surface area contributed by atoms with Gasteiger partial charge in [-0.05, 0) is 32.9 Å². The Hall–Kier alpha value is -3.16. The van der Waals surface area contributed by atoms with Crippen LogP contribution in [0.15, 0.2) is 46.9 Å². The van der Waals surface area contributed by atoms with Crippen LogP contribution in [0.4, 0.5) is 0 Å². The first-order valence-electron chi connectivity index (χ1n) is 8.51. The van der Waals surface area contributed by atoms with E-state index in [0.717, 1.165) is 0 Å². The molecule has 8 heteroatoms. The number of carbonyl (C=O) groups is 3. The highest BCUT2D eigenvalue weighted by atomic mass is 16.5. The molecular formula is C19H22N2O6. The summed E-state index contributed by atoms with van der Waals surface area (Å²) in [6, 6.07) is 5.09. The van der Waals surface area contributed by atoms with Gasteiger partial charge in [0.15, 0.2) is 0 Å². The molecule has 144 valence electrons. The largest absolute Gasteiger partial charge is 0.466 e. The minimum Gasteiger partial charge on any atom is -0.466 e. The van der Waals surface area contributed by atoms with Crippen LogP contribution < -0.4 is 5.32 Å². The predicted octanol–water partition coefficient (Wildman–Crippen LogP) is 1.60. The van der Waals surface area contributed by atoms with Crippen molar-refractivity contribution in [2.24, 2.45) is 0 Å². The number of methoxy groups -OCH3 is 1. The standard InChI is InChI=1S/C19H22N2O6/c1-5-26-18(23)15-14(12-9-7-8-10-20-12)13(17(22)25-4)11(3)21-16(15)19(24)27-6-2/h7-10,14,21H,5-6H2,1-4H3. The molecule has 0 fully saturated rings. The summed E-state index contributed by atoms with van der Waals surface area (Å²) in [6.45, 7) is 5.15. The van der Waals surface area contributed by atoms with Gasteiger partial charge in [0.1, 0.15) is 5.70 Å². The third kappa shape index (κ3) is 4.16. The fraction of sp³-hybridized carbons (Fsp3) is 0.368. The van der Waals surface area contributed by atoms with Gasteiger partial charge >= 0.3 is 17.9 Å². The van der Waals surface area contributed by atoms with Gasteiger partial charge in [-0.1, -0.05) is 6.07 Å². The normalized spacial score (nSPS) is 16.5. The number of dihydropyridines is 1. The number of carbonyl (C=O) groups excluding carboxylic acids is 3. The molecule has 0 saturated heterocycles. The van der Waals surface area contributed by atoms with Gasteiger partial charge in [-0.2, -0.15) is 0 Å². The number of hydrogen-bond donors (Lipinski definition) is 1. The van der Waals surface area contributed by atoms with Crippen molar-refractivity contribution in [3.05, 3.63) is 52.6 Å². The molecule has 1 aliphatic rings. The summed E-state index contributed by atoms with van der Waals surface area (Å²) in [5.74, 6) is -3.03. The summed E-state index contributed by atoms with van der Waals surface area (Å²) in [5.41, 5.74) is 0.834. The molecule has 0 bridgehead atoms. The summed E-state index contributed by atoms with van der Waals surface area (Å²) in [4.78, 5) is 41.9. The van der Waals surface area contributed by atoms with Gasteiger partial charge in [0, 0.05) is 11.9 Å². The van der Waals surface area contributed by atoms with Crippen LogP contribution in [0, 0.1) is 0 Å². The zero-order chi connectivity index (χ0) is 20.0. The smallest absolute Gasteiger partial charge is 0.355 e. The van der Waals surface area contributed by atoms with Crippen LogP contribution >= 0.6 is 0 Å². The molecule has 0 radical (unpaired) electrons. The maximum atomic E-state index is 12.7. The van der Waals surface area contributed by atoms with Gasteiger partial charge in [0.2, 0.25) is 0 Å². The van der Waals surface area contributed by atoms with Gasteiger partial charge in [0.05, 0.1) is 43.1 Å². The van der Waals surface area contributed by atoms with Crippen molar-refractivity contribution in [2.75, 3.05) is 20.3 Å². The van der Waals surface area contributed by atoms with E-state index in [0.29, 0.717) is 11.4 Å². The third-order valence-corrected chi connectivity index (χ3v) is 3.93. The highest BCUT2D eigenvalue weighted by molar-refractivity contribution is 6.05. The summed E-state index contributed by atoms with van der Waals surface area (Å²) in [6.07, 6.45) is 1.54. The Morgan fingerprint density at radius 1 is 1.04 bits per heavy atom. The van der Waals surface area contributed by atoms with Crippen LogP contribution in [-0.2, 0) is 28.6 Å². The van der Waals surface area contributed by atoms with Crippen molar-refractivity contribution < 1.29 is 28.6 Å². The summed E-state index contributed by atoms with van der Waals surface area (Å²) < 4.78 is 15.1. The molecule has 1 atom stereocenters. The number of aromatic nitrogens is 1. The van der Waals surface area contributed by atoms with E-state index in [4.69, 9.17) is 14.2 Å². The zero-order valence-corrected chi connectivity index (χ0v) is 15.7. The predicted molar refractivity (Wildman–Crippen MR) is 95.1 cm³/mol. The highest BCUT2D eigenvalue weighted by Crippen LogP contribution is 2.38. The molecule has 1 aliphatic heterocycles. The van der Waals surface area contributed by atoms with Crippen LogP contribution in [0.25, 0.3) is 0 Å². The second kappa shape index (κ2) is 8.98. The van der Waals surface area contributed by atoms with E-state index in [-0.39, 0.29) is 30.1 Å². The molecule has 1 aromatic rings. The molecule has 1 aromatic heterocycles. The number of esters is 3. The number of pyridine rings is 1. The lowest BCUT2D eigenvalue weighted by Crippen LogP contribution is -2.36. The molecule has 0 saturated carbocycles. The van der Waals surface area contributed by atoms with Gasteiger partial charge in [-0.15, -0.1) is 0 Å². The second-order valence-electron chi connectivity index (χ2n) is 5.57. The number of rotatable bonds is 6. The molecule has 1 N–H and O–H groups in total. The molecule has 8 nitrogen and oxygen atoms in total. The lowest BCUT2D eigenvalue weighted by atomic mass is 9.82. The molecule has 27 heavy (non-hydrogen) atoms. The van der Waals surface area contributed by atoms with Crippen LogP contribution in [0.2, 0.25) is 0 Å². The average Bonchev–Trinajstić information content (AvgIpc) is 2.67. The summed E-state index contributed by atoms with van der Waals surface area (Å²) in [5, 5.41) is 2.81. The highest BCUT2D eigenvalue weighted by Gasteiger charge is 2.41. The van der Waals surface area contributed by atoms with Gasteiger partial charge in [0.25, 0.3) is 0 Å². The fourth-order valence-electron chi connectivity index (χ4n) is 2.84. The zero-order valence-electron chi connectivity index (χ0n) is 15.7. The molecule has 2 heterocycles. The Morgan fingerprint density at radius 3 is 2.26 bits per heavy atom. The number of nitrogens with one attached hydrogen (secondary N) is 1. The first kappa shape index (κ1) is 20.2. The minimum absolute atomic E-state index is 0.0417. The van der Waals surface area contributed by atoms with Gasteiger partial charge in [-0.3, -0.25) is 4.98 Å². The van der Waals surface area contributed by atoms with E-state index in [2.05, 4.69) is 10.3 Å². The monoisotopic (exact) mass is 374 g/mol. The van der Waals surface area contributed by atoms with E-state index >= 15 is 0 Å². The quantitative estimate of drug-likeness (QED) is 0.591. The van der Waals surface area contributed by atoms with E-state index < -0.39 is 23.8 Å². The van der Waals surface area contributed by atoms with E-state index in [9.17, 15) is 14.4 Å². The lowest BCUT2D eigenvalue weighted by Gasteiger charge is -2.29. The second-order valence-corrected chi connectivity index (χ2v) is 5.57. The Balaban J connectivity index is 2.74. The SMILES string of the molecule is CCOC(=O)C1=C(C(=O)OCC)C(c2ccccn2)C(C(=O)OC)=C(C)N1. The van der Waals surface area contributed by atoms with Crippen molar-refractivity contribution in [1.82, 2.24) is 10.3 Å². The van der Waals surface area contributed by atoms with Crippen LogP contribution in [0.5, 0.6) is 0 Å². The maximum absolute atomic E-state index is 12.7. The Labute approximate surface area is 157 Å².